The highest BCUT2D eigenvalue weighted by molar-refractivity contribution is 5.92. The maximum atomic E-state index is 11.1. The number of imidazole rings is 1. The van der Waals surface area contributed by atoms with Crippen LogP contribution >= 0.6 is 0 Å². The average molecular weight is 276 g/mol. The van der Waals surface area contributed by atoms with Crippen LogP contribution in [0, 0.1) is 0 Å². The number of methoxy groups -OCH3 is 1. The van der Waals surface area contributed by atoms with Gasteiger partial charge in [-0.2, -0.15) is 0 Å². The lowest BCUT2D eigenvalue weighted by molar-refractivity contribution is -0.0486. The minimum Gasteiger partial charge on any atom is -0.478 e. The Morgan fingerprint density at radius 3 is 3.15 bits per heavy atom. The van der Waals surface area contributed by atoms with E-state index in [1.54, 1.807) is 31.6 Å². The van der Waals surface area contributed by atoms with Crippen molar-refractivity contribution < 1.29 is 19.4 Å². The molecule has 1 aliphatic rings. The SMILES string of the molecule is CO[C@@H]1CCOC[C@@H]1n1cnc2ccc(C(=O)O)cc21. The molecule has 0 aliphatic carbocycles. The van der Waals surface area contributed by atoms with Crippen LogP contribution in [0.4, 0.5) is 0 Å². The Hall–Kier alpha value is -1.92. The number of aromatic nitrogens is 2. The molecule has 0 saturated carbocycles. The minimum atomic E-state index is -0.942. The van der Waals surface area contributed by atoms with Gasteiger partial charge in [0.05, 0.1) is 41.7 Å². The molecular weight excluding hydrogens is 260 g/mol. The van der Waals surface area contributed by atoms with E-state index < -0.39 is 5.97 Å². The second kappa shape index (κ2) is 5.22. The third-order valence-electron chi connectivity index (χ3n) is 3.75. The maximum absolute atomic E-state index is 11.1. The molecule has 6 nitrogen and oxygen atoms in total. The molecule has 1 saturated heterocycles. The first-order chi connectivity index (χ1) is 9.70. The van der Waals surface area contributed by atoms with Gasteiger partial charge < -0.3 is 19.1 Å². The van der Waals surface area contributed by atoms with Gasteiger partial charge in [0.2, 0.25) is 0 Å². The molecule has 1 N–H and O–H groups in total. The number of hydrogen-bond donors (Lipinski definition) is 1. The summed E-state index contributed by atoms with van der Waals surface area (Å²) in [6, 6.07) is 4.95. The monoisotopic (exact) mass is 276 g/mol. The summed E-state index contributed by atoms with van der Waals surface area (Å²) < 4.78 is 13.0. The maximum Gasteiger partial charge on any atom is 0.335 e. The number of fused-ring (bicyclic) bond motifs is 1. The van der Waals surface area contributed by atoms with Crippen LogP contribution in [0.25, 0.3) is 11.0 Å². The Kier molecular flexibility index (Phi) is 3.42. The van der Waals surface area contributed by atoms with Gasteiger partial charge in [0, 0.05) is 13.7 Å². The molecular formula is C14H16N2O4. The van der Waals surface area contributed by atoms with Crippen LogP contribution in [0.2, 0.25) is 0 Å². The zero-order chi connectivity index (χ0) is 14.1. The topological polar surface area (TPSA) is 73.6 Å². The first-order valence-electron chi connectivity index (χ1n) is 6.51. The fourth-order valence-electron chi connectivity index (χ4n) is 2.66. The molecule has 0 amide bonds. The van der Waals surface area contributed by atoms with Gasteiger partial charge >= 0.3 is 5.97 Å². The molecule has 20 heavy (non-hydrogen) atoms. The standard InChI is InChI=1S/C14H16N2O4/c1-19-13-4-5-20-7-12(13)16-8-15-10-3-2-9(14(17)18)6-11(10)16/h2-3,6,8,12-13H,4-5,7H2,1H3,(H,17,18)/t12-,13+/m0/s1. The van der Waals surface area contributed by atoms with Crippen molar-refractivity contribution in [3.63, 3.8) is 0 Å². The van der Waals surface area contributed by atoms with Gasteiger partial charge in [-0.05, 0) is 24.6 Å². The van der Waals surface area contributed by atoms with Crippen LogP contribution in [0.3, 0.4) is 0 Å². The number of carboxylic acid groups (broad SMARTS) is 1. The Morgan fingerprint density at radius 1 is 1.55 bits per heavy atom. The molecule has 1 fully saturated rings. The lowest BCUT2D eigenvalue weighted by Crippen LogP contribution is -2.35. The molecule has 0 unspecified atom stereocenters. The minimum absolute atomic E-state index is 0.0165. The normalized spacial score (nSPS) is 23.1. The smallest absolute Gasteiger partial charge is 0.335 e. The van der Waals surface area contributed by atoms with Crippen molar-refractivity contribution in [2.45, 2.75) is 18.6 Å². The van der Waals surface area contributed by atoms with Crippen molar-refractivity contribution in [2.24, 2.45) is 0 Å². The fourth-order valence-corrected chi connectivity index (χ4v) is 2.66. The van der Waals surface area contributed by atoms with Crippen molar-refractivity contribution in [1.29, 1.82) is 0 Å². The Morgan fingerprint density at radius 2 is 2.40 bits per heavy atom. The van der Waals surface area contributed by atoms with E-state index >= 15 is 0 Å². The zero-order valence-corrected chi connectivity index (χ0v) is 11.2. The van der Waals surface area contributed by atoms with Crippen LogP contribution in [-0.2, 0) is 9.47 Å². The van der Waals surface area contributed by atoms with E-state index in [4.69, 9.17) is 14.6 Å². The molecule has 2 aromatic rings. The Balaban J connectivity index is 2.06. The largest absolute Gasteiger partial charge is 0.478 e. The summed E-state index contributed by atoms with van der Waals surface area (Å²) >= 11 is 0. The van der Waals surface area contributed by atoms with E-state index in [9.17, 15) is 4.79 Å². The number of benzene rings is 1. The van der Waals surface area contributed by atoms with Gasteiger partial charge in [-0.3, -0.25) is 0 Å². The average Bonchev–Trinajstić information content (AvgIpc) is 2.89. The number of aromatic carboxylic acids is 1. The molecule has 6 heteroatoms. The third kappa shape index (κ3) is 2.17. The molecule has 3 rings (SSSR count). The van der Waals surface area contributed by atoms with Crippen LogP contribution in [0.5, 0.6) is 0 Å². The predicted molar refractivity (Wildman–Crippen MR) is 72.0 cm³/mol. The molecule has 1 aromatic carbocycles. The summed E-state index contributed by atoms with van der Waals surface area (Å²) in [5, 5.41) is 9.10. The summed E-state index contributed by atoms with van der Waals surface area (Å²) in [4.78, 5) is 15.4. The van der Waals surface area contributed by atoms with Crippen LogP contribution in [0.15, 0.2) is 24.5 Å². The highest BCUT2D eigenvalue weighted by Crippen LogP contribution is 2.27. The summed E-state index contributed by atoms with van der Waals surface area (Å²) in [6.45, 7) is 1.23. The van der Waals surface area contributed by atoms with E-state index in [1.807, 2.05) is 4.57 Å². The van der Waals surface area contributed by atoms with E-state index in [1.165, 1.54) is 0 Å². The molecule has 106 valence electrons. The lowest BCUT2D eigenvalue weighted by Gasteiger charge is -2.31. The highest BCUT2D eigenvalue weighted by atomic mass is 16.5. The Labute approximate surface area is 115 Å². The first-order valence-corrected chi connectivity index (χ1v) is 6.51. The van der Waals surface area contributed by atoms with E-state index in [0.717, 1.165) is 17.5 Å². The number of ether oxygens (including phenoxy) is 2. The van der Waals surface area contributed by atoms with Gasteiger partial charge in [0.25, 0.3) is 0 Å². The van der Waals surface area contributed by atoms with E-state index in [2.05, 4.69) is 4.98 Å². The van der Waals surface area contributed by atoms with Crippen molar-refractivity contribution in [1.82, 2.24) is 9.55 Å². The lowest BCUT2D eigenvalue weighted by atomic mass is 10.1. The molecule has 1 aromatic heterocycles. The highest BCUT2D eigenvalue weighted by Gasteiger charge is 2.28. The quantitative estimate of drug-likeness (QED) is 0.923. The van der Waals surface area contributed by atoms with Gasteiger partial charge in [-0.15, -0.1) is 0 Å². The van der Waals surface area contributed by atoms with E-state index in [-0.39, 0.29) is 17.7 Å². The molecule has 0 spiro atoms. The molecule has 2 heterocycles. The van der Waals surface area contributed by atoms with Gasteiger partial charge in [-0.1, -0.05) is 0 Å². The first kappa shape index (κ1) is 13.1. The number of carbonyl (C=O) groups is 1. The number of carboxylic acids is 1. The summed E-state index contributed by atoms with van der Waals surface area (Å²) in [6.07, 6.45) is 2.59. The Bertz CT molecular complexity index is 637. The summed E-state index contributed by atoms with van der Waals surface area (Å²) in [5.41, 5.74) is 1.82. The predicted octanol–water partition coefficient (Wildman–Crippen LogP) is 1.71. The van der Waals surface area contributed by atoms with Crippen LogP contribution in [-0.4, -0.2) is 47.1 Å². The second-order valence-electron chi connectivity index (χ2n) is 4.87. The molecule has 0 bridgehead atoms. The van der Waals surface area contributed by atoms with Crippen LogP contribution < -0.4 is 0 Å². The van der Waals surface area contributed by atoms with E-state index in [0.29, 0.717) is 13.2 Å². The summed E-state index contributed by atoms with van der Waals surface area (Å²) in [7, 11) is 1.69. The van der Waals surface area contributed by atoms with Gasteiger partial charge in [0.1, 0.15) is 0 Å². The van der Waals surface area contributed by atoms with Gasteiger partial charge in [-0.25, -0.2) is 9.78 Å². The summed E-state index contributed by atoms with van der Waals surface area (Å²) in [5.74, 6) is -0.942. The fraction of sp³-hybridized carbons (Fsp3) is 0.429. The van der Waals surface area contributed by atoms with Crippen molar-refractivity contribution in [2.75, 3.05) is 20.3 Å². The number of nitrogens with zero attached hydrogens (tertiary/aromatic N) is 2. The number of hydrogen-bond acceptors (Lipinski definition) is 4. The zero-order valence-electron chi connectivity index (χ0n) is 11.2. The molecule has 2 atom stereocenters. The van der Waals surface area contributed by atoms with Crippen molar-refractivity contribution in [3.8, 4) is 0 Å². The van der Waals surface area contributed by atoms with Crippen molar-refractivity contribution in [3.05, 3.63) is 30.1 Å². The number of rotatable bonds is 3. The third-order valence-corrected chi connectivity index (χ3v) is 3.75. The molecule has 0 radical (unpaired) electrons. The second-order valence-corrected chi connectivity index (χ2v) is 4.87. The van der Waals surface area contributed by atoms with Crippen molar-refractivity contribution >= 4 is 17.0 Å². The van der Waals surface area contributed by atoms with Crippen LogP contribution in [0.1, 0.15) is 22.8 Å². The molecule has 1 aliphatic heterocycles. The van der Waals surface area contributed by atoms with Gasteiger partial charge in [0.15, 0.2) is 0 Å².